The molecule has 0 saturated heterocycles. The smallest absolute Gasteiger partial charge is 0.241 e. The molecule has 2 atom stereocenters. The second-order valence-corrected chi connectivity index (χ2v) is 5.30. The van der Waals surface area contributed by atoms with E-state index >= 15 is 0 Å². The van der Waals surface area contributed by atoms with Gasteiger partial charge in [-0.15, -0.1) is 0 Å². The van der Waals surface area contributed by atoms with Crippen LogP contribution in [0, 0.1) is 5.82 Å². The highest BCUT2D eigenvalue weighted by Gasteiger charge is 2.20. The maximum atomic E-state index is 13.1. The molecule has 2 N–H and O–H groups in total. The van der Waals surface area contributed by atoms with Gasteiger partial charge in [-0.25, -0.2) is 4.39 Å². The largest absolute Gasteiger partial charge is 0.489 e. The van der Waals surface area contributed by atoms with E-state index in [9.17, 15) is 9.18 Å². The molecular weight excluding hydrogens is 299 g/mol. The average molecular weight is 320 g/mol. The van der Waals surface area contributed by atoms with Gasteiger partial charge in [0.1, 0.15) is 23.7 Å². The summed E-state index contributed by atoms with van der Waals surface area (Å²) in [6, 6.07) is 5.43. The predicted octanol–water partition coefficient (Wildman–Crippen LogP) is 1.40. The van der Waals surface area contributed by atoms with Crippen LogP contribution in [0.25, 0.3) is 0 Å². The van der Waals surface area contributed by atoms with Crippen molar-refractivity contribution in [2.75, 3.05) is 13.6 Å². The van der Waals surface area contributed by atoms with E-state index in [4.69, 9.17) is 4.74 Å². The van der Waals surface area contributed by atoms with E-state index in [2.05, 4.69) is 15.7 Å². The number of carbonyl (C=O) groups excluding carboxylic acids is 1. The zero-order valence-electron chi connectivity index (χ0n) is 13.4. The fourth-order valence-electron chi connectivity index (χ4n) is 2.20. The van der Waals surface area contributed by atoms with Crippen LogP contribution in [0.5, 0.6) is 5.75 Å². The van der Waals surface area contributed by atoms with Crippen LogP contribution in [0.4, 0.5) is 4.39 Å². The third kappa shape index (κ3) is 4.79. The summed E-state index contributed by atoms with van der Waals surface area (Å²) in [4.78, 5) is 12.3. The number of benzene rings is 1. The van der Waals surface area contributed by atoms with Crippen molar-refractivity contribution in [1.82, 2.24) is 20.4 Å². The van der Waals surface area contributed by atoms with Crippen LogP contribution in [0.2, 0.25) is 0 Å². The van der Waals surface area contributed by atoms with E-state index in [-0.39, 0.29) is 17.8 Å². The second-order valence-electron chi connectivity index (χ2n) is 5.30. The number of carbonyl (C=O) groups is 1. The van der Waals surface area contributed by atoms with Crippen molar-refractivity contribution in [3.63, 3.8) is 0 Å². The molecule has 2 unspecified atom stereocenters. The lowest BCUT2D eigenvalue weighted by Crippen LogP contribution is -2.40. The van der Waals surface area contributed by atoms with E-state index in [0.29, 0.717) is 12.3 Å². The Morgan fingerprint density at radius 3 is 2.87 bits per heavy atom. The molecule has 2 rings (SSSR count). The number of hydrogen-bond donors (Lipinski definition) is 2. The number of aromatic nitrogens is 2. The van der Waals surface area contributed by atoms with Gasteiger partial charge >= 0.3 is 0 Å². The van der Waals surface area contributed by atoms with E-state index in [1.165, 1.54) is 12.1 Å². The molecule has 23 heavy (non-hydrogen) atoms. The van der Waals surface area contributed by atoms with Gasteiger partial charge in [-0.05, 0) is 26.1 Å². The summed E-state index contributed by atoms with van der Waals surface area (Å²) in [6.45, 7) is 2.12. The van der Waals surface area contributed by atoms with Crippen LogP contribution in [0.1, 0.15) is 18.5 Å². The minimum Gasteiger partial charge on any atom is -0.489 e. The Hall–Kier alpha value is -2.41. The molecule has 2 aromatic rings. The summed E-state index contributed by atoms with van der Waals surface area (Å²) in [5, 5.41) is 9.84. The molecule has 0 aliphatic heterocycles. The van der Waals surface area contributed by atoms with Gasteiger partial charge in [0.25, 0.3) is 0 Å². The van der Waals surface area contributed by atoms with Crippen LogP contribution in [-0.4, -0.2) is 35.4 Å². The molecule has 1 heterocycles. The highest BCUT2D eigenvalue weighted by molar-refractivity contribution is 5.83. The zero-order valence-corrected chi connectivity index (χ0v) is 13.4. The van der Waals surface area contributed by atoms with Gasteiger partial charge in [0.2, 0.25) is 5.91 Å². The molecule has 7 heteroatoms. The molecule has 1 aromatic carbocycles. The van der Waals surface area contributed by atoms with Crippen LogP contribution in [0.3, 0.4) is 0 Å². The first-order chi connectivity index (χ1) is 11.0. The van der Waals surface area contributed by atoms with E-state index in [1.54, 1.807) is 43.3 Å². The number of hydrogen-bond acceptors (Lipinski definition) is 4. The Kier molecular flexibility index (Phi) is 5.70. The lowest BCUT2D eigenvalue weighted by atomic mass is 10.1. The molecule has 0 aliphatic carbocycles. The first-order valence-corrected chi connectivity index (χ1v) is 7.35. The molecule has 124 valence electrons. The molecule has 0 spiro atoms. The zero-order chi connectivity index (χ0) is 16.8. The van der Waals surface area contributed by atoms with Gasteiger partial charge in [-0.2, -0.15) is 5.10 Å². The normalized spacial score (nSPS) is 13.4. The number of nitrogens with one attached hydrogen (secondary N) is 2. The highest BCUT2D eigenvalue weighted by atomic mass is 19.1. The quantitative estimate of drug-likeness (QED) is 0.809. The van der Waals surface area contributed by atoms with Crippen molar-refractivity contribution < 1.29 is 13.9 Å². The maximum absolute atomic E-state index is 13.1. The molecule has 6 nitrogen and oxygen atoms in total. The number of aryl methyl sites for hydroxylation is 1. The fraction of sp³-hybridized carbons (Fsp3) is 0.375. The monoisotopic (exact) mass is 320 g/mol. The number of halogens is 1. The standard InChI is InChI=1S/C16H21FN4O2/c1-11(23-14-6-4-5-13(17)7-14)8-19-16(22)15(18-2)12-9-20-21(3)10-12/h4-7,9-11,15,18H,8H2,1-3H3,(H,19,22). The molecular formula is C16H21FN4O2. The molecule has 0 saturated carbocycles. The lowest BCUT2D eigenvalue weighted by Gasteiger charge is -2.18. The third-order valence-electron chi connectivity index (χ3n) is 3.31. The first-order valence-electron chi connectivity index (χ1n) is 7.35. The van der Waals surface area contributed by atoms with Crippen molar-refractivity contribution in [1.29, 1.82) is 0 Å². The average Bonchev–Trinajstić information content (AvgIpc) is 2.92. The summed E-state index contributed by atoms with van der Waals surface area (Å²) in [5.74, 6) is -0.0927. The second kappa shape index (κ2) is 7.73. The van der Waals surface area contributed by atoms with Gasteiger partial charge < -0.3 is 15.4 Å². The van der Waals surface area contributed by atoms with Gasteiger partial charge in [-0.3, -0.25) is 9.48 Å². The molecule has 1 aromatic heterocycles. The number of nitrogens with zero attached hydrogens (tertiary/aromatic N) is 2. The summed E-state index contributed by atoms with van der Waals surface area (Å²) >= 11 is 0. The fourth-order valence-corrected chi connectivity index (χ4v) is 2.20. The summed E-state index contributed by atoms with van der Waals surface area (Å²) in [5.41, 5.74) is 0.784. The van der Waals surface area contributed by atoms with Crippen molar-refractivity contribution in [2.24, 2.45) is 7.05 Å². The van der Waals surface area contributed by atoms with Gasteiger partial charge in [0.05, 0.1) is 12.7 Å². The topological polar surface area (TPSA) is 68.2 Å². The summed E-state index contributed by atoms with van der Waals surface area (Å²) < 4.78 is 20.3. The molecule has 1 amide bonds. The first kappa shape index (κ1) is 17.0. The van der Waals surface area contributed by atoms with Crippen LogP contribution >= 0.6 is 0 Å². The van der Waals surface area contributed by atoms with Crippen LogP contribution < -0.4 is 15.4 Å². The maximum Gasteiger partial charge on any atom is 0.241 e. The van der Waals surface area contributed by atoms with Crippen molar-refractivity contribution >= 4 is 5.91 Å². The van der Waals surface area contributed by atoms with Crippen LogP contribution in [0.15, 0.2) is 36.7 Å². The van der Waals surface area contributed by atoms with Gasteiger partial charge in [-0.1, -0.05) is 6.07 Å². The lowest BCUT2D eigenvalue weighted by molar-refractivity contribution is -0.123. The predicted molar refractivity (Wildman–Crippen MR) is 84.5 cm³/mol. The molecule has 0 fully saturated rings. The SMILES string of the molecule is CNC(C(=O)NCC(C)Oc1cccc(F)c1)c1cnn(C)c1. The summed E-state index contributed by atoms with van der Waals surface area (Å²) in [7, 11) is 3.51. The molecule has 0 aliphatic rings. The van der Waals surface area contributed by atoms with Crippen LogP contribution in [-0.2, 0) is 11.8 Å². The van der Waals surface area contributed by atoms with E-state index in [0.717, 1.165) is 5.56 Å². The minimum absolute atomic E-state index is 0.171. The Labute approximate surface area is 134 Å². The Morgan fingerprint density at radius 1 is 1.48 bits per heavy atom. The number of amides is 1. The molecule has 0 radical (unpaired) electrons. The number of likely N-dealkylation sites (N-methyl/N-ethyl adjacent to an activating group) is 1. The molecule has 0 bridgehead atoms. The number of ether oxygens (including phenoxy) is 1. The summed E-state index contributed by atoms with van der Waals surface area (Å²) in [6.07, 6.45) is 3.15. The van der Waals surface area contributed by atoms with E-state index in [1.807, 2.05) is 6.92 Å². The van der Waals surface area contributed by atoms with Gasteiger partial charge in [0.15, 0.2) is 0 Å². The third-order valence-corrected chi connectivity index (χ3v) is 3.31. The van der Waals surface area contributed by atoms with Crippen molar-refractivity contribution in [3.05, 3.63) is 48.0 Å². The minimum atomic E-state index is -0.481. The Balaban J connectivity index is 1.87. The van der Waals surface area contributed by atoms with Crippen molar-refractivity contribution in [3.8, 4) is 5.75 Å². The highest BCUT2D eigenvalue weighted by Crippen LogP contribution is 2.14. The number of rotatable bonds is 7. The van der Waals surface area contributed by atoms with E-state index < -0.39 is 6.04 Å². The Bertz CT molecular complexity index is 659. The van der Waals surface area contributed by atoms with Gasteiger partial charge in [0, 0.05) is 24.9 Å². The van der Waals surface area contributed by atoms with Crippen molar-refractivity contribution in [2.45, 2.75) is 19.1 Å². The Morgan fingerprint density at radius 2 is 2.26 bits per heavy atom.